The number of amides is 2. The van der Waals surface area contributed by atoms with Gasteiger partial charge in [0, 0.05) is 17.3 Å². The predicted octanol–water partition coefficient (Wildman–Crippen LogP) is -1.93. The number of nitro groups is 1. The van der Waals surface area contributed by atoms with Gasteiger partial charge >= 0.3 is 17.8 Å². The third-order valence-corrected chi connectivity index (χ3v) is 4.61. The quantitative estimate of drug-likeness (QED) is 0.266. The van der Waals surface area contributed by atoms with Gasteiger partial charge in [0.1, 0.15) is 6.04 Å². The van der Waals surface area contributed by atoms with Gasteiger partial charge in [0.25, 0.3) is 0 Å². The molecule has 10 heteroatoms. The van der Waals surface area contributed by atoms with Crippen LogP contribution < -0.4 is 16.4 Å². The molecule has 10 nitrogen and oxygen atoms in total. The van der Waals surface area contributed by atoms with E-state index in [1.807, 2.05) is 0 Å². The molecule has 22 heavy (non-hydrogen) atoms. The molecule has 2 aliphatic rings. The Morgan fingerprint density at radius 3 is 2.59 bits per heavy atom. The normalized spacial score (nSPS) is 35.8. The number of carbonyl (C=O) groups excluding carboxylic acids is 2. The molecule has 0 aromatic rings. The van der Waals surface area contributed by atoms with Gasteiger partial charge in [-0.2, -0.15) is 0 Å². The number of carboxylic acid groups (broad SMARTS) is 1. The maximum atomic E-state index is 11.5. The molecule has 2 amide bonds. The van der Waals surface area contributed by atoms with Gasteiger partial charge in [-0.3, -0.25) is 24.5 Å². The Labute approximate surface area is 125 Å². The second-order valence-corrected chi connectivity index (χ2v) is 5.87. The zero-order chi connectivity index (χ0) is 16.6. The summed E-state index contributed by atoms with van der Waals surface area (Å²) in [5.74, 6) is -3.85. The summed E-state index contributed by atoms with van der Waals surface area (Å²) in [4.78, 5) is 44.7. The first-order valence-corrected chi connectivity index (χ1v) is 6.95. The molecule has 0 spiro atoms. The van der Waals surface area contributed by atoms with Crippen LogP contribution in [0.4, 0.5) is 0 Å². The smallest absolute Gasteiger partial charge is 0.320 e. The SMILES string of the molecule is CC1C(CC(N)C(=O)O)C2NC(=O)C(=O)NC2CC1[N+](=O)[O-]. The monoisotopic (exact) mass is 314 g/mol. The molecule has 5 N–H and O–H groups in total. The van der Waals surface area contributed by atoms with Crippen LogP contribution in [0.3, 0.4) is 0 Å². The average Bonchev–Trinajstić information content (AvgIpc) is 2.43. The number of hydrogen-bond acceptors (Lipinski definition) is 6. The van der Waals surface area contributed by atoms with Gasteiger partial charge in [-0.1, -0.05) is 6.92 Å². The van der Waals surface area contributed by atoms with Crippen LogP contribution in [-0.2, 0) is 14.4 Å². The molecule has 1 saturated heterocycles. The topological polar surface area (TPSA) is 165 Å². The Hall–Kier alpha value is -2.23. The van der Waals surface area contributed by atoms with Gasteiger partial charge in [-0.25, -0.2) is 0 Å². The largest absolute Gasteiger partial charge is 0.480 e. The number of carbonyl (C=O) groups is 3. The number of nitrogens with two attached hydrogens (primary N) is 1. The number of nitrogens with zero attached hydrogens (tertiary/aromatic N) is 1. The molecule has 1 aliphatic carbocycles. The molecule has 6 atom stereocenters. The molecular formula is C12H18N4O6. The van der Waals surface area contributed by atoms with Gasteiger partial charge in [0.2, 0.25) is 6.04 Å². The van der Waals surface area contributed by atoms with E-state index in [0.29, 0.717) is 0 Å². The van der Waals surface area contributed by atoms with Gasteiger partial charge in [-0.15, -0.1) is 0 Å². The fraction of sp³-hybridized carbons (Fsp3) is 0.750. The summed E-state index contributed by atoms with van der Waals surface area (Å²) in [5, 5.41) is 25.1. The molecule has 0 aromatic heterocycles. The second kappa shape index (κ2) is 5.87. The summed E-state index contributed by atoms with van der Waals surface area (Å²) < 4.78 is 0. The number of carboxylic acids is 1. The fourth-order valence-electron chi connectivity index (χ4n) is 3.37. The molecule has 1 aliphatic heterocycles. The molecular weight excluding hydrogens is 296 g/mol. The third kappa shape index (κ3) is 2.86. The maximum Gasteiger partial charge on any atom is 0.320 e. The van der Waals surface area contributed by atoms with E-state index < -0.39 is 58.7 Å². The highest BCUT2D eigenvalue weighted by Crippen LogP contribution is 2.36. The van der Waals surface area contributed by atoms with E-state index in [-0.39, 0.29) is 12.8 Å². The number of rotatable bonds is 4. The van der Waals surface area contributed by atoms with Crippen LogP contribution >= 0.6 is 0 Å². The molecule has 2 rings (SSSR count). The number of nitrogens with one attached hydrogen (secondary N) is 2. The van der Waals surface area contributed by atoms with Crippen LogP contribution in [0.25, 0.3) is 0 Å². The highest BCUT2D eigenvalue weighted by Gasteiger charge is 2.51. The van der Waals surface area contributed by atoms with E-state index in [0.717, 1.165) is 0 Å². The van der Waals surface area contributed by atoms with Gasteiger partial charge in [0.15, 0.2) is 0 Å². The first kappa shape index (κ1) is 16.1. The first-order valence-electron chi connectivity index (χ1n) is 6.95. The molecule has 0 aromatic carbocycles. The third-order valence-electron chi connectivity index (χ3n) is 4.61. The zero-order valence-electron chi connectivity index (χ0n) is 11.9. The van der Waals surface area contributed by atoms with Gasteiger partial charge in [0.05, 0.1) is 12.1 Å². The van der Waals surface area contributed by atoms with Crippen molar-refractivity contribution in [1.29, 1.82) is 0 Å². The number of hydrogen-bond donors (Lipinski definition) is 4. The van der Waals surface area contributed by atoms with E-state index in [2.05, 4.69) is 10.6 Å². The summed E-state index contributed by atoms with van der Waals surface area (Å²) in [6.07, 6.45) is 0.0713. The number of piperazine rings is 1. The standard InChI is InChI=1S/C12H18N4O6/c1-4-5(2-6(13)12(19)20)9-7(3-8(4)16(21)22)14-10(17)11(18)15-9/h4-9H,2-3,13H2,1H3,(H,14,17)(H,15,18)(H,19,20). The van der Waals surface area contributed by atoms with E-state index in [1.165, 1.54) is 0 Å². The minimum absolute atomic E-state index is 0.0157. The summed E-state index contributed by atoms with van der Waals surface area (Å²) >= 11 is 0. The van der Waals surface area contributed by atoms with Crippen molar-refractivity contribution in [2.45, 2.75) is 43.9 Å². The molecule has 1 heterocycles. The summed E-state index contributed by atoms with van der Waals surface area (Å²) in [6.45, 7) is 1.64. The van der Waals surface area contributed by atoms with Gasteiger partial charge in [-0.05, 0) is 12.3 Å². The van der Waals surface area contributed by atoms with Crippen LogP contribution in [0.1, 0.15) is 19.8 Å². The van der Waals surface area contributed by atoms with Crippen molar-refractivity contribution in [3.8, 4) is 0 Å². The lowest BCUT2D eigenvalue weighted by Gasteiger charge is -2.45. The van der Waals surface area contributed by atoms with Crippen LogP contribution in [0.15, 0.2) is 0 Å². The Morgan fingerprint density at radius 1 is 1.45 bits per heavy atom. The Morgan fingerprint density at radius 2 is 2.05 bits per heavy atom. The van der Waals surface area contributed by atoms with Crippen molar-refractivity contribution >= 4 is 17.8 Å². The minimum Gasteiger partial charge on any atom is -0.480 e. The summed E-state index contributed by atoms with van der Waals surface area (Å²) in [7, 11) is 0. The van der Waals surface area contributed by atoms with Crippen LogP contribution in [0, 0.1) is 22.0 Å². The molecule has 6 unspecified atom stereocenters. The van der Waals surface area contributed by atoms with Crippen molar-refractivity contribution in [3.63, 3.8) is 0 Å². The Bertz CT molecular complexity index is 524. The van der Waals surface area contributed by atoms with Crippen LogP contribution in [-0.4, -0.2) is 52.0 Å². The summed E-state index contributed by atoms with van der Waals surface area (Å²) in [6, 6.07) is -3.26. The highest BCUT2D eigenvalue weighted by atomic mass is 16.6. The molecule has 0 bridgehead atoms. The first-order chi connectivity index (χ1) is 10.2. The minimum atomic E-state index is -1.21. The maximum absolute atomic E-state index is 11.5. The second-order valence-electron chi connectivity index (χ2n) is 5.87. The Kier molecular flexibility index (Phi) is 4.31. The summed E-state index contributed by atoms with van der Waals surface area (Å²) in [5.41, 5.74) is 5.55. The van der Waals surface area contributed by atoms with E-state index in [4.69, 9.17) is 10.8 Å². The Balaban J connectivity index is 2.27. The fourth-order valence-corrected chi connectivity index (χ4v) is 3.37. The van der Waals surface area contributed by atoms with Crippen molar-refractivity contribution in [1.82, 2.24) is 10.6 Å². The predicted molar refractivity (Wildman–Crippen MR) is 72.1 cm³/mol. The van der Waals surface area contributed by atoms with Gasteiger partial charge < -0.3 is 21.5 Å². The van der Waals surface area contributed by atoms with Crippen LogP contribution in [0.2, 0.25) is 0 Å². The molecule has 122 valence electrons. The van der Waals surface area contributed by atoms with Crippen LogP contribution in [0.5, 0.6) is 0 Å². The van der Waals surface area contributed by atoms with Crippen molar-refractivity contribution in [3.05, 3.63) is 10.1 Å². The average molecular weight is 314 g/mol. The van der Waals surface area contributed by atoms with Crippen molar-refractivity contribution in [2.24, 2.45) is 17.6 Å². The highest BCUT2D eigenvalue weighted by molar-refractivity contribution is 6.35. The lowest BCUT2D eigenvalue weighted by Crippen LogP contribution is -2.69. The molecule has 1 saturated carbocycles. The number of aliphatic carboxylic acids is 1. The number of fused-ring (bicyclic) bond motifs is 1. The zero-order valence-corrected chi connectivity index (χ0v) is 11.9. The van der Waals surface area contributed by atoms with Crippen molar-refractivity contribution < 1.29 is 24.4 Å². The lowest BCUT2D eigenvalue weighted by atomic mass is 9.68. The van der Waals surface area contributed by atoms with E-state index >= 15 is 0 Å². The van der Waals surface area contributed by atoms with E-state index in [1.54, 1.807) is 6.92 Å². The van der Waals surface area contributed by atoms with Crippen molar-refractivity contribution in [2.75, 3.05) is 0 Å². The molecule has 0 radical (unpaired) electrons. The molecule has 2 fully saturated rings. The van der Waals surface area contributed by atoms with E-state index in [9.17, 15) is 24.5 Å². The lowest BCUT2D eigenvalue weighted by molar-refractivity contribution is -0.538.